The topological polar surface area (TPSA) is 42.4 Å². The summed E-state index contributed by atoms with van der Waals surface area (Å²) in [6.07, 6.45) is 5.20. The van der Waals surface area contributed by atoms with Crippen LogP contribution < -0.4 is 4.74 Å². The van der Waals surface area contributed by atoms with Crippen molar-refractivity contribution in [1.29, 1.82) is 0 Å². The second kappa shape index (κ2) is 10.3. The third kappa shape index (κ3) is 5.52. The fourth-order valence-electron chi connectivity index (χ4n) is 4.38. The van der Waals surface area contributed by atoms with Gasteiger partial charge < -0.3 is 9.64 Å². The van der Waals surface area contributed by atoms with Gasteiger partial charge in [-0.15, -0.1) is 0 Å². The maximum atomic E-state index is 13.0. The molecule has 2 heterocycles. The van der Waals surface area contributed by atoms with Crippen LogP contribution >= 0.6 is 0 Å². The van der Waals surface area contributed by atoms with Crippen LogP contribution in [0.2, 0.25) is 0 Å². The zero-order chi connectivity index (χ0) is 21.5. The molecule has 2 aromatic carbocycles. The number of carbonyl (C=O) groups excluding carboxylic acids is 1. The van der Waals surface area contributed by atoms with Crippen LogP contribution in [0.3, 0.4) is 0 Å². The Hall–Kier alpha value is -3.14. The Morgan fingerprint density at radius 1 is 1.03 bits per heavy atom. The number of methoxy groups -OCH3 is 1. The molecule has 0 N–H and O–H groups in total. The Bertz CT molecular complexity index is 1000. The summed E-state index contributed by atoms with van der Waals surface area (Å²) < 4.78 is 5.33. The predicted octanol–water partition coefficient (Wildman–Crippen LogP) is 5.37. The zero-order valence-electron chi connectivity index (χ0n) is 18.2. The maximum Gasteiger partial charge on any atom is 0.223 e. The Labute approximate surface area is 184 Å². The summed E-state index contributed by atoms with van der Waals surface area (Å²) in [5.41, 5.74) is 4.49. The molecule has 4 rings (SSSR count). The number of benzene rings is 2. The van der Waals surface area contributed by atoms with Gasteiger partial charge in [0, 0.05) is 25.1 Å². The highest BCUT2D eigenvalue weighted by Crippen LogP contribution is 2.32. The predicted molar refractivity (Wildman–Crippen MR) is 123 cm³/mol. The van der Waals surface area contributed by atoms with Gasteiger partial charge in [0.1, 0.15) is 5.75 Å². The molecule has 31 heavy (non-hydrogen) atoms. The van der Waals surface area contributed by atoms with Crippen molar-refractivity contribution in [1.82, 2.24) is 9.88 Å². The van der Waals surface area contributed by atoms with Crippen molar-refractivity contribution >= 4 is 5.91 Å². The summed E-state index contributed by atoms with van der Waals surface area (Å²) in [7, 11) is 1.68. The zero-order valence-corrected chi connectivity index (χ0v) is 18.2. The lowest BCUT2D eigenvalue weighted by molar-refractivity contribution is -0.132. The molecule has 4 heteroatoms. The largest absolute Gasteiger partial charge is 0.497 e. The molecule has 0 aliphatic carbocycles. The Balaban J connectivity index is 1.39. The van der Waals surface area contributed by atoms with Crippen molar-refractivity contribution in [3.8, 4) is 5.75 Å². The summed E-state index contributed by atoms with van der Waals surface area (Å²) >= 11 is 0. The molecule has 1 saturated heterocycles. The molecule has 1 aliphatic heterocycles. The number of aromatic nitrogens is 1. The van der Waals surface area contributed by atoms with E-state index in [0.29, 0.717) is 6.42 Å². The molecule has 160 valence electrons. The van der Waals surface area contributed by atoms with Gasteiger partial charge in [-0.1, -0.05) is 48.5 Å². The van der Waals surface area contributed by atoms with E-state index < -0.39 is 0 Å². The van der Waals surface area contributed by atoms with Crippen LogP contribution in [0.25, 0.3) is 0 Å². The minimum atomic E-state index is 0.0921. The maximum absolute atomic E-state index is 13.0. The van der Waals surface area contributed by atoms with Gasteiger partial charge in [-0.2, -0.15) is 0 Å². The fraction of sp³-hybridized carbons (Fsp3) is 0.333. The van der Waals surface area contributed by atoms with Gasteiger partial charge in [0.2, 0.25) is 5.91 Å². The number of aryl methyl sites for hydroxylation is 1. The molecule has 1 atom stereocenters. The summed E-state index contributed by atoms with van der Waals surface area (Å²) in [5, 5.41) is 0. The summed E-state index contributed by atoms with van der Waals surface area (Å²) in [6.45, 7) is 0.830. The molecule has 0 radical (unpaired) electrons. The lowest BCUT2D eigenvalue weighted by atomic mass is 10.1. The second-order valence-corrected chi connectivity index (χ2v) is 8.17. The van der Waals surface area contributed by atoms with E-state index in [2.05, 4.69) is 48.5 Å². The van der Waals surface area contributed by atoms with Crippen molar-refractivity contribution in [2.45, 2.75) is 44.6 Å². The molecule has 0 saturated carbocycles. The van der Waals surface area contributed by atoms with Crippen molar-refractivity contribution in [2.75, 3.05) is 13.7 Å². The van der Waals surface area contributed by atoms with Crippen molar-refractivity contribution in [3.05, 3.63) is 95.3 Å². The first-order valence-corrected chi connectivity index (χ1v) is 11.1. The van der Waals surface area contributed by atoms with E-state index in [9.17, 15) is 4.79 Å². The lowest BCUT2D eigenvalue weighted by Crippen LogP contribution is -2.31. The Morgan fingerprint density at radius 3 is 2.68 bits per heavy atom. The van der Waals surface area contributed by atoms with Gasteiger partial charge in [0.15, 0.2) is 0 Å². The summed E-state index contributed by atoms with van der Waals surface area (Å²) in [6, 6.07) is 24.8. The molecule has 1 amide bonds. The van der Waals surface area contributed by atoms with E-state index in [4.69, 9.17) is 9.72 Å². The van der Waals surface area contributed by atoms with Crippen LogP contribution in [0.4, 0.5) is 0 Å². The van der Waals surface area contributed by atoms with Gasteiger partial charge in [0.05, 0.1) is 18.8 Å². The van der Waals surface area contributed by atoms with Crippen LogP contribution in [0.5, 0.6) is 5.75 Å². The minimum absolute atomic E-state index is 0.0921. The number of hydrogen-bond acceptors (Lipinski definition) is 3. The Kier molecular flexibility index (Phi) is 6.98. The monoisotopic (exact) mass is 414 g/mol. The number of likely N-dealkylation sites (tertiary alicyclic amines) is 1. The first kappa shape index (κ1) is 21.1. The smallest absolute Gasteiger partial charge is 0.223 e. The van der Waals surface area contributed by atoms with Gasteiger partial charge >= 0.3 is 0 Å². The molecule has 0 spiro atoms. The number of amides is 1. The highest BCUT2D eigenvalue weighted by atomic mass is 16.5. The molecular formula is C27H30N2O2. The quantitative estimate of drug-likeness (QED) is 0.498. The van der Waals surface area contributed by atoms with E-state index in [1.807, 2.05) is 29.2 Å². The van der Waals surface area contributed by atoms with E-state index in [-0.39, 0.29) is 11.9 Å². The first-order valence-electron chi connectivity index (χ1n) is 11.1. The van der Waals surface area contributed by atoms with Crippen LogP contribution in [-0.2, 0) is 17.6 Å². The minimum Gasteiger partial charge on any atom is -0.497 e. The summed E-state index contributed by atoms with van der Waals surface area (Å²) in [5.74, 6) is 1.11. The fourth-order valence-corrected chi connectivity index (χ4v) is 4.38. The van der Waals surface area contributed by atoms with Crippen molar-refractivity contribution < 1.29 is 9.53 Å². The molecule has 1 aliphatic rings. The molecule has 4 nitrogen and oxygen atoms in total. The third-order valence-corrected chi connectivity index (χ3v) is 5.96. The number of rotatable bonds is 8. The molecule has 0 bridgehead atoms. The highest BCUT2D eigenvalue weighted by molar-refractivity contribution is 5.77. The van der Waals surface area contributed by atoms with E-state index in [0.717, 1.165) is 55.8 Å². The standard InChI is InChI=1S/C27H30N2O2/c1-31-24-14-5-12-22(20-24)19-23-13-7-15-25(28-23)26-16-8-18-29(26)27(30)17-6-11-21-9-3-2-4-10-21/h2-5,7,9-10,12-15,20,26H,6,8,11,16-19H2,1H3. The highest BCUT2D eigenvalue weighted by Gasteiger charge is 2.30. The average Bonchev–Trinajstić information content (AvgIpc) is 3.30. The van der Waals surface area contributed by atoms with Gasteiger partial charge in [0.25, 0.3) is 0 Å². The molecular weight excluding hydrogens is 384 g/mol. The van der Waals surface area contributed by atoms with Gasteiger partial charge in [-0.3, -0.25) is 9.78 Å². The van der Waals surface area contributed by atoms with Crippen LogP contribution in [-0.4, -0.2) is 29.4 Å². The van der Waals surface area contributed by atoms with E-state index >= 15 is 0 Å². The van der Waals surface area contributed by atoms with Crippen LogP contribution in [0, 0.1) is 0 Å². The third-order valence-electron chi connectivity index (χ3n) is 5.96. The molecule has 3 aromatic rings. The van der Waals surface area contributed by atoms with Crippen LogP contribution in [0.15, 0.2) is 72.8 Å². The normalized spacial score (nSPS) is 15.8. The number of carbonyl (C=O) groups is 1. The Morgan fingerprint density at radius 2 is 1.84 bits per heavy atom. The molecule has 1 fully saturated rings. The van der Waals surface area contributed by atoms with Crippen molar-refractivity contribution in [3.63, 3.8) is 0 Å². The first-order chi connectivity index (χ1) is 15.2. The number of ether oxygens (including phenoxy) is 1. The average molecular weight is 415 g/mol. The summed E-state index contributed by atoms with van der Waals surface area (Å²) in [4.78, 5) is 19.9. The van der Waals surface area contributed by atoms with E-state index in [1.165, 1.54) is 11.1 Å². The number of nitrogens with zero attached hydrogens (tertiary/aromatic N) is 2. The second-order valence-electron chi connectivity index (χ2n) is 8.17. The van der Waals surface area contributed by atoms with Gasteiger partial charge in [-0.05, 0) is 61.1 Å². The SMILES string of the molecule is COc1cccc(Cc2cccc(C3CCCN3C(=O)CCCc3ccccc3)n2)c1. The van der Waals surface area contributed by atoms with E-state index in [1.54, 1.807) is 7.11 Å². The van der Waals surface area contributed by atoms with Crippen molar-refractivity contribution in [2.24, 2.45) is 0 Å². The molecule has 1 aromatic heterocycles. The van der Waals surface area contributed by atoms with Crippen LogP contribution in [0.1, 0.15) is 54.2 Å². The lowest BCUT2D eigenvalue weighted by Gasteiger charge is -2.25. The van der Waals surface area contributed by atoms with Gasteiger partial charge in [-0.25, -0.2) is 0 Å². The molecule has 1 unspecified atom stereocenters. The number of pyridine rings is 1. The number of hydrogen-bond donors (Lipinski definition) is 0.